The average Bonchev–Trinajstić information content (AvgIpc) is 2.25. The molecule has 0 aliphatic carbocycles. The Kier molecular flexibility index (Phi) is 3.88. The SMILES string of the molecule is COc1ccc(CNC(=O)C(=O)O)cc1C. The monoisotopic (exact) mass is 223 g/mol. The van der Waals surface area contributed by atoms with Gasteiger partial charge in [0.15, 0.2) is 0 Å². The number of aliphatic carboxylic acids is 1. The largest absolute Gasteiger partial charge is 0.496 e. The molecule has 86 valence electrons. The van der Waals surface area contributed by atoms with E-state index in [0.29, 0.717) is 0 Å². The minimum absolute atomic E-state index is 0.190. The molecule has 0 fully saturated rings. The van der Waals surface area contributed by atoms with Crippen LogP contribution in [0.5, 0.6) is 5.75 Å². The number of carbonyl (C=O) groups is 2. The van der Waals surface area contributed by atoms with Crippen LogP contribution in [-0.2, 0) is 16.1 Å². The molecule has 1 rings (SSSR count). The number of hydrogen-bond acceptors (Lipinski definition) is 3. The van der Waals surface area contributed by atoms with Crippen molar-refractivity contribution in [2.45, 2.75) is 13.5 Å². The molecule has 1 amide bonds. The minimum atomic E-state index is -1.48. The van der Waals surface area contributed by atoms with Gasteiger partial charge in [0.2, 0.25) is 0 Å². The number of ether oxygens (including phenoxy) is 1. The van der Waals surface area contributed by atoms with Gasteiger partial charge in [-0.15, -0.1) is 0 Å². The van der Waals surface area contributed by atoms with Crippen LogP contribution in [0.25, 0.3) is 0 Å². The Hall–Kier alpha value is -2.04. The lowest BCUT2D eigenvalue weighted by atomic mass is 10.1. The molecule has 0 saturated carbocycles. The van der Waals surface area contributed by atoms with Crippen molar-refractivity contribution in [1.82, 2.24) is 5.32 Å². The highest BCUT2D eigenvalue weighted by Crippen LogP contribution is 2.18. The van der Waals surface area contributed by atoms with Crippen molar-refractivity contribution in [2.75, 3.05) is 7.11 Å². The van der Waals surface area contributed by atoms with Crippen LogP contribution in [0.15, 0.2) is 18.2 Å². The predicted molar refractivity (Wildman–Crippen MR) is 57.2 cm³/mol. The van der Waals surface area contributed by atoms with Crippen molar-refractivity contribution >= 4 is 11.9 Å². The van der Waals surface area contributed by atoms with Crippen LogP contribution < -0.4 is 10.1 Å². The Morgan fingerprint density at radius 3 is 2.62 bits per heavy atom. The number of hydrogen-bond donors (Lipinski definition) is 2. The normalized spacial score (nSPS) is 9.62. The summed E-state index contributed by atoms with van der Waals surface area (Å²) in [6.45, 7) is 2.07. The number of benzene rings is 1. The summed E-state index contributed by atoms with van der Waals surface area (Å²) in [5.74, 6) is -1.73. The molecule has 0 bridgehead atoms. The van der Waals surface area contributed by atoms with Gasteiger partial charge in [-0.3, -0.25) is 4.79 Å². The quantitative estimate of drug-likeness (QED) is 0.740. The molecule has 5 nitrogen and oxygen atoms in total. The summed E-state index contributed by atoms with van der Waals surface area (Å²) in [7, 11) is 1.58. The van der Waals surface area contributed by atoms with Gasteiger partial charge in [0, 0.05) is 6.54 Å². The van der Waals surface area contributed by atoms with Gasteiger partial charge in [0.25, 0.3) is 0 Å². The van der Waals surface area contributed by atoms with Crippen molar-refractivity contribution in [3.8, 4) is 5.75 Å². The van der Waals surface area contributed by atoms with Crippen molar-refractivity contribution < 1.29 is 19.4 Å². The third-order valence-electron chi connectivity index (χ3n) is 2.11. The number of amides is 1. The van der Waals surface area contributed by atoms with E-state index in [-0.39, 0.29) is 6.54 Å². The maximum absolute atomic E-state index is 10.8. The number of carboxylic acids is 1. The molecule has 5 heteroatoms. The first-order valence-electron chi connectivity index (χ1n) is 4.69. The molecule has 2 N–H and O–H groups in total. The molecular weight excluding hydrogens is 210 g/mol. The first-order valence-corrected chi connectivity index (χ1v) is 4.69. The number of nitrogens with one attached hydrogen (secondary N) is 1. The summed E-state index contributed by atoms with van der Waals surface area (Å²) >= 11 is 0. The molecule has 1 aromatic rings. The predicted octanol–water partition coefficient (Wildman–Crippen LogP) is 0.704. The standard InChI is InChI=1S/C11H13NO4/c1-7-5-8(3-4-9(7)16-2)6-12-10(13)11(14)15/h3-5H,6H2,1-2H3,(H,12,13)(H,14,15). The van der Waals surface area contributed by atoms with E-state index in [1.54, 1.807) is 19.2 Å². The highest BCUT2D eigenvalue weighted by atomic mass is 16.5. The molecule has 0 aliphatic rings. The highest BCUT2D eigenvalue weighted by molar-refractivity contribution is 6.31. The van der Waals surface area contributed by atoms with Crippen LogP contribution in [0.1, 0.15) is 11.1 Å². The van der Waals surface area contributed by atoms with E-state index in [0.717, 1.165) is 16.9 Å². The summed E-state index contributed by atoms with van der Waals surface area (Å²) in [4.78, 5) is 21.0. The molecule has 0 unspecified atom stereocenters. The van der Waals surface area contributed by atoms with Gasteiger partial charge in [0.1, 0.15) is 5.75 Å². The topological polar surface area (TPSA) is 75.6 Å². The number of carbonyl (C=O) groups excluding carboxylic acids is 1. The van der Waals surface area contributed by atoms with E-state index >= 15 is 0 Å². The highest BCUT2D eigenvalue weighted by Gasteiger charge is 2.10. The van der Waals surface area contributed by atoms with E-state index in [4.69, 9.17) is 9.84 Å². The van der Waals surface area contributed by atoms with Gasteiger partial charge >= 0.3 is 11.9 Å². The third kappa shape index (κ3) is 2.98. The van der Waals surface area contributed by atoms with E-state index in [1.807, 2.05) is 13.0 Å². The maximum atomic E-state index is 10.8. The zero-order valence-electron chi connectivity index (χ0n) is 9.11. The molecule has 0 saturated heterocycles. The Bertz CT molecular complexity index is 414. The molecule has 16 heavy (non-hydrogen) atoms. The van der Waals surface area contributed by atoms with Crippen LogP contribution in [0.4, 0.5) is 0 Å². The van der Waals surface area contributed by atoms with E-state index in [1.165, 1.54) is 0 Å². The molecule has 0 radical (unpaired) electrons. The van der Waals surface area contributed by atoms with E-state index < -0.39 is 11.9 Å². The fourth-order valence-electron chi connectivity index (χ4n) is 1.31. The Morgan fingerprint density at radius 2 is 2.12 bits per heavy atom. The summed E-state index contributed by atoms with van der Waals surface area (Å²) in [6.07, 6.45) is 0. The first-order chi connectivity index (χ1) is 7.54. The third-order valence-corrected chi connectivity index (χ3v) is 2.11. The van der Waals surface area contributed by atoms with E-state index in [9.17, 15) is 9.59 Å². The summed E-state index contributed by atoms with van der Waals surface area (Å²) < 4.78 is 5.08. The zero-order chi connectivity index (χ0) is 12.1. The number of methoxy groups -OCH3 is 1. The Morgan fingerprint density at radius 1 is 1.44 bits per heavy atom. The van der Waals surface area contributed by atoms with Crippen molar-refractivity contribution in [1.29, 1.82) is 0 Å². The smallest absolute Gasteiger partial charge is 0.394 e. The minimum Gasteiger partial charge on any atom is -0.496 e. The van der Waals surface area contributed by atoms with Gasteiger partial charge in [-0.05, 0) is 24.1 Å². The van der Waals surface area contributed by atoms with Gasteiger partial charge < -0.3 is 15.2 Å². The summed E-state index contributed by atoms with van der Waals surface area (Å²) in [5.41, 5.74) is 1.76. The molecule has 1 aromatic carbocycles. The van der Waals surface area contributed by atoms with Crippen molar-refractivity contribution in [3.05, 3.63) is 29.3 Å². The van der Waals surface area contributed by atoms with E-state index in [2.05, 4.69) is 5.32 Å². The van der Waals surface area contributed by atoms with Gasteiger partial charge in [-0.1, -0.05) is 12.1 Å². The molecular formula is C11H13NO4. The number of rotatable bonds is 3. The fourth-order valence-corrected chi connectivity index (χ4v) is 1.31. The first kappa shape index (κ1) is 12.0. The molecule has 0 aromatic heterocycles. The molecule has 0 aliphatic heterocycles. The second kappa shape index (κ2) is 5.16. The molecule has 0 atom stereocenters. The Labute approximate surface area is 93.0 Å². The summed E-state index contributed by atoms with van der Waals surface area (Å²) in [5, 5.41) is 10.6. The van der Waals surface area contributed by atoms with Gasteiger partial charge in [-0.25, -0.2) is 4.79 Å². The van der Waals surface area contributed by atoms with Gasteiger partial charge in [-0.2, -0.15) is 0 Å². The second-order valence-electron chi connectivity index (χ2n) is 3.29. The zero-order valence-corrected chi connectivity index (χ0v) is 9.11. The van der Waals surface area contributed by atoms with Crippen molar-refractivity contribution in [2.24, 2.45) is 0 Å². The second-order valence-corrected chi connectivity index (χ2v) is 3.29. The van der Waals surface area contributed by atoms with Crippen LogP contribution >= 0.6 is 0 Å². The molecule has 0 heterocycles. The average molecular weight is 223 g/mol. The summed E-state index contributed by atoms with van der Waals surface area (Å²) in [6, 6.07) is 5.38. The number of carboxylic acid groups (broad SMARTS) is 1. The van der Waals surface area contributed by atoms with Crippen molar-refractivity contribution in [3.63, 3.8) is 0 Å². The van der Waals surface area contributed by atoms with Gasteiger partial charge in [0.05, 0.1) is 7.11 Å². The lowest BCUT2D eigenvalue weighted by Gasteiger charge is -2.07. The molecule has 0 spiro atoms. The number of aryl methyl sites for hydroxylation is 1. The lowest BCUT2D eigenvalue weighted by molar-refractivity contribution is -0.150. The maximum Gasteiger partial charge on any atom is 0.394 e. The van der Waals surface area contributed by atoms with Crippen LogP contribution in [0.2, 0.25) is 0 Å². The van der Waals surface area contributed by atoms with Crippen LogP contribution in [0.3, 0.4) is 0 Å². The fraction of sp³-hybridized carbons (Fsp3) is 0.273. The lowest BCUT2D eigenvalue weighted by Crippen LogP contribution is -2.30. The van der Waals surface area contributed by atoms with Crippen LogP contribution in [-0.4, -0.2) is 24.1 Å². The Balaban J connectivity index is 2.65. The van der Waals surface area contributed by atoms with Crippen LogP contribution in [0, 0.1) is 6.92 Å².